The number of carbonyl (C=O) groups excluding carboxylic acids is 3. The number of Topliss-reactive ketones (excluding diaryl/α,β-unsaturated/α-hetero) is 1. The van der Waals surface area contributed by atoms with Crippen LogP contribution in [0.3, 0.4) is 0 Å². The number of carbonyl (C=O) groups is 3. The van der Waals surface area contributed by atoms with Gasteiger partial charge >= 0.3 is 11.9 Å². The molecule has 3 saturated carbocycles. The van der Waals surface area contributed by atoms with Crippen LogP contribution < -0.4 is 0 Å². The summed E-state index contributed by atoms with van der Waals surface area (Å²) in [6, 6.07) is 2.18. The zero-order valence-corrected chi connectivity index (χ0v) is 26.2. The monoisotopic (exact) mass is 573 g/mol. The van der Waals surface area contributed by atoms with Crippen molar-refractivity contribution >= 4 is 17.5 Å². The Morgan fingerprint density at radius 1 is 1.02 bits per heavy atom. The zero-order valence-electron chi connectivity index (χ0n) is 26.2. The van der Waals surface area contributed by atoms with Crippen LogP contribution in [0.1, 0.15) is 110 Å². The van der Waals surface area contributed by atoms with Crippen LogP contribution in [0, 0.1) is 56.2 Å². The number of ketones is 2. The predicted octanol–water partition coefficient (Wildman–Crippen LogP) is 6.33. The Morgan fingerprint density at radius 3 is 2.38 bits per heavy atom. The number of aromatic nitrogens is 2. The summed E-state index contributed by atoms with van der Waals surface area (Å²) >= 11 is 0. The van der Waals surface area contributed by atoms with Gasteiger partial charge in [-0.25, -0.2) is 4.79 Å². The van der Waals surface area contributed by atoms with Gasteiger partial charge in [-0.3, -0.25) is 9.59 Å². The lowest BCUT2D eigenvalue weighted by molar-refractivity contribution is -0.166. The largest absolute Gasteiger partial charge is 0.462 e. The fourth-order valence-electron chi connectivity index (χ4n) is 10.6. The highest BCUT2D eigenvalue weighted by Gasteiger charge is 2.69. The Morgan fingerprint density at radius 2 is 1.71 bits per heavy atom. The van der Waals surface area contributed by atoms with Crippen molar-refractivity contribution in [3.63, 3.8) is 0 Å². The standard InChI is InChI=1S/C34H43N3O5/c1-29(2)22-9-10-33(6)23(32(22,5)16-19(18-35)25(29)39)15-21(38)24-20-17-31(4,28-37-36-26(42-28)27(40)41-8)12-11-30(20,3)13-14-34(24,33)7/h15-16,20,22,24H,9-14,17H2,1-8H3/t20-,22-,24?,30+,31-,32-,33+,34+/m0/s1. The molecule has 1 aromatic rings. The molecular formula is C34H43N3O5. The van der Waals surface area contributed by atoms with E-state index in [1.165, 1.54) is 7.11 Å². The lowest BCUT2D eigenvalue weighted by Gasteiger charge is -2.69. The van der Waals surface area contributed by atoms with Gasteiger partial charge in [0.2, 0.25) is 5.89 Å². The van der Waals surface area contributed by atoms with Crippen molar-refractivity contribution in [1.82, 2.24) is 10.2 Å². The minimum atomic E-state index is -0.680. The summed E-state index contributed by atoms with van der Waals surface area (Å²) in [5, 5.41) is 18.2. The molecule has 3 fully saturated rings. The molecule has 5 aliphatic rings. The highest BCUT2D eigenvalue weighted by atomic mass is 16.5. The van der Waals surface area contributed by atoms with Crippen molar-refractivity contribution in [2.45, 2.75) is 98.8 Å². The third kappa shape index (κ3) is 3.48. The van der Waals surface area contributed by atoms with Gasteiger partial charge in [-0.15, -0.1) is 10.2 Å². The molecule has 8 nitrogen and oxygen atoms in total. The topological polar surface area (TPSA) is 123 Å². The Hall–Kier alpha value is -3.08. The lowest BCUT2D eigenvalue weighted by atomic mass is 9.34. The molecule has 224 valence electrons. The summed E-state index contributed by atoms with van der Waals surface area (Å²) in [7, 11) is 1.29. The normalized spacial score (nSPS) is 43.9. The van der Waals surface area contributed by atoms with Crippen molar-refractivity contribution in [3.05, 3.63) is 35.1 Å². The average Bonchev–Trinajstić information content (AvgIpc) is 3.44. The second kappa shape index (κ2) is 8.74. The van der Waals surface area contributed by atoms with Crippen molar-refractivity contribution in [3.8, 4) is 6.07 Å². The first-order chi connectivity index (χ1) is 19.5. The molecule has 0 N–H and O–H groups in total. The second-order valence-electron chi connectivity index (χ2n) is 15.7. The van der Waals surface area contributed by atoms with E-state index in [-0.39, 0.29) is 57.0 Å². The van der Waals surface area contributed by atoms with Crippen molar-refractivity contribution in [1.29, 1.82) is 5.26 Å². The summed E-state index contributed by atoms with van der Waals surface area (Å²) in [5.74, 6) is -0.344. The van der Waals surface area contributed by atoms with Gasteiger partial charge in [0.1, 0.15) is 6.07 Å². The van der Waals surface area contributed by atoms with E-state index in [0.29, 0.717) is 5.89 Å². The SMILES string of the molecule is COC(=O)c1nnc([C@@]2(C)CC[C@]3(C)CC[C@]4(C)C(C(=O)C=C5[C@@]6(C)C=C(C#N)C(=O)C(C)(C)[C@@H]6CC[C@]54C)[C@@H]3C2)o1. The molecule has 5 aliphatic carbocycles. The van der Waals surface area contributed by atoms with Crippen LogP contribution in [0.5, 0.6) is 0 Å². The minimum Gasteiger partial charge on any atom is -0.462 e. The smallest absolute Gasteiger partial charge is 0.396 e. The summed E-state index contributed by atoms with van der Waals surface area (Å²) in [4.78, 5) is 39.9. The highest BCUT2D eigenvalue weighted by molar-refractivity contribution is 6.04. The average molecular weight is 574 g/mol. The van der Waals surface area contributed by atoms with Crippen LogP contribution in [0.25, 0.3) is 0 Å². The molecule has 1 heterocycles. The van der Waals surface area contributed by atoms with E-state index in [0.717, 1.165) is 50.5 Å². The van der Waals surface area contributed by atoms with Gasteiger partial charge in [0.25, 0.3) is 0 Å². The van der Waals surface area contributed by atoms with Crippen molar-refractivity contribution in [2.75, 3.05) is 7.11 Å². The first-order valence-corrected chi connectivity index (χ1v) is 15.4. The van der Waals surface area contributed by atoms with E-state index in [2.05, 4.69) is 50.9 Å². The number of hydrogen-bond acceptors (Lipinski definition) is 8. The number of hydrogen-bond donors (Lipinski definition) is 0. The summed E-state index contributed by atoms with van der Waals surface area (Å²) in [5.41, 5.74) is -0.922. The molecule has 0 aromatic carbocycles. The minimum absolute atomic E-state index is 0.000480. The van der Waals surface area contributed by atoms with Gasteiger partial charge in [-0.1, -0.05) is 60.1 Å². The molecule has 1 unspecified atom stereocenters. The Balaban J connectivity index is 1.45. The van der Waals surface area contributed by atoms with E-state index in [9.17, 15) is 19.6 Å². The molecule has 0 spiro atoms. The predicted molar refractivity (Wildman–Crippen MR) is 154 cm³/mol. The van der Waals surface area contributed by atoms with Crippen molar-refractivity contribution in [2.24, 2.45) is 44.8 Å². The molecule has 0 saturated heterocycles. The maximum Gasteiger partial charge on any atom is 0.396 e. The van der Waals surface area contributed by atoms with Crippen LogP contribution in [-0.4, -0.2) is 34.8 Å². The fraction of sp³-hybridized carbons (Fsp3) is 0.706. The number of ether oxygens (including phenoxy) is 1. The van der Waals surface area contributed by atoms with Crippen LogP contribution in [0.15, 0.2) is 27.7 Å². The first kappa shape index (κ1) is 29.0. The number of rotatable bonds is 2. The summed E-state index contributed by atoms with van der Waals surface area (Å²) in [6.45, 7) is 15.2. The number of esters is 1. The maximum absolute atomic E-state index is 14.6. The highest BCUT2D eigenvalue weighted by Crippen LogP contribution is 2.74. The van der Waals surface area contributed by atoms with E-state index in [1.54, 1.807) is 0 Å². The number of nitrogens with zero attached hydrogens (tertiary/aromatic N) is 3. The third-order valence-electron chi connectivity index (χ3n) is 13.4. The molecule has 1 aromatic heterocycles. The summed E-state index contributed by atoms with van der Waals surface area (Å²) in [6.07, 6.45) is 10.1. The number of nitriles is 1. The van der Waals surface area contributed by atoms with Crippen LogP contribution in [0.2, 0.25) is 0 Å². The number of allylic oxidation sites excluding steroid dienone is 4. The van der Waals surface area contributed by atoms with Gasteiger partial charge in [0.15, 0.2) is 11.6 Å². The number of methoxy groups -OCH3 is 1. The molecule has 42 heavy (non-hydrogen) atoms. The molecular weight excluding hydrogens is 530 g/mol. The first-order valence-electron chi connectivity index (χ1n) is 15.4. The molecule has 0 amide bonds. The van der Waals surface area contributed by atoms with E-state index in [1.807, 2.05) is 26.0 Å². The maximum atomic E-state index is 14.6. The van der Waals surface area contributed by atoms with Gasteiger partial charge in [-0.05, 0) is 79.1 Å². The zero-order chi connectivity index (χ0) is 30.7. The van der Waals surface area contributed by atoms with Gasteiger partial charge in [-0.2, -0.15) is 5.26 Å². The quantitative estimate of drug-likeness (QED) is 0.376. The molecule has 0 bridgehead atoms. The Bertz CT molecular complexity index is 1510. The number of fused-ring (bicyclic) bond motifs is 7. The molecule has 8 heteroatoms. The molecule has 0 radical (unpaired) electrons. The third-order valence-corrected chi connectivity index (χ3v) is 13.4. The van der Waals surface area contributed by atoms with Gasteiger partial charge < -0.3 is 9.15 Å². The molecule has 6 rings (SSSR count). The Labute approximate surface area is 248 Å². The van der Waals surface area contributed by atoms with Crippen LogP contribution in [-0.2, 0) is 19.7 Å². The molecule has 8 atom stereocenters. The second-order valence-corrected chi connectivity index (χ2v) is 15.7. The van der Waals surface area contributed by atoms with Crippen LogP contribution >= 0.6 is 0 Å². The van der Waals surface area contributed by atoms with E-state index < -0.39 is 22.2 Å². The lowest BCUT2D eigenvalue weighted by Crippen LogP contribution is -2.64. The van der Waals surface area contributed by atoms with Gasteiger partial charge in [0, 0.05) is 22.2 Å². The summed E-state index contributed by atoms with van der Waals surface area (Å²) < 4.78 is 10.6. The van der Waals surface area contributed by atoms with Gasteiger partial charge in [0.05, 0.1) is 12.7 Å². The van der Waals surface area contributed by atoms with E-state index >= 15 is 0 Å². The molecule has 0 aliphatic heterocycles. The Kier molecular flexibility index (Phi) is 6.03. The fourth-order valence-corrected chi connectivity index (χ4v) is 10.6. The van der Waals surface area contributed by atoms with E-state index in [4.69, 9.17) is 9.15 Å². The van der Waals surface area contributed by atoms with Crippen molar-refractivity contribution < 1.29 is 23.5 Å². The van der Waals surface area contributed by atoms with Crippen LogP contribution in [0.4, 0.5) is 0 Å².